The van der Waals surface area contributed by atoms with Crippen molar-refractivity contribution in [2.24, 2.45) is 4.99 Å². The number of carbonyl (C=O) groups is 1. The average Bonchev–Trinajstić information content (AvgIpc) is 3.14. The van der Waals surface area contributed by atoms with Crippen molar-refractivity contribution in [3.05, 3.63) is 98.5 Å². The van der Waals surface area contributed by atoms with Crippen LogP contribution in [0.1, 0.15) is 23.6 Å². The van der Waals surface area contributed by atoms with Gasteiger partial charge >= 0.3 is 5.97 Å². The van der Waals surface area contributed by atoms with Crippen LogP contribution in [0.5, 0.6) is 11.5 Å². The van der Waals surface area contributed by atoms with Crippen LogP contribution in [0.15, 0.2) is 77.4 Å². The van der Waals surface area contributed by atoms with E-state index in [4.69, 9.17) is 14.2 Å². The fourth-order valence-electron chi connectivity index (χ4n) is 3.12. The van der Waals surface area contributed by atoms with E-state index in [1.54, 1.807) is 18.2 Å². The number of halogens is 2. The molecule has 7 heteroatoms. The van der Waals surface area contributed by atoms with Gasteiger partial charge in [0, 0.05) is 5.56 Å². The first-order valence-corrected chi connectivity index (χ1v) is 11.0. The molecule has 0 aliphatic carbocycles. The maximum absolute atomic E-state index is 13.5. The first kappa shape index (κ1) is 22.0. The first-order chi connectivity index (χ1) is 15.5. The van der Waals surface area contributed by atoms with Gasteiger partial charge in [0.1, 0.15) is 12.4 Å². The number of ether oxygens (including phenoxy) is 3. The van der Waals surface area contributed by atoms with E-state index in [9.17, 15) is 9.18 Å². The third kappa shape index (κ3) is 5.16. The lowest BCUT2D eigenvalue weighted by molar-refractivity contribution is -0.129. The zero-order valence-corrected chi connectivity index (χ0v) is 19.3. The zero-order valence-electron chi connectivity index (χ0n) is 17.2. The van der Waals surface area contributed by atoms with Crippen molar-refractivity contribution >= 4 is 40.5 Å². The molecule has 32 heavy (non-hydrogen) atoms. The Labute approximate surface area is 198 Å². The molecule has 162 valence electrons. The van der Waals surface area contributed by atoms with Crippen LogP contribution in [-0.4, -0.2) is 18.5 Å². The second-order valence-electron chi connectivity index (χ2n) is 6.88. The summed E-state index contributed by atoms with van der Waals surface area (Å²) in [5.41, 5.74) is 2.28. The average molecular weight is 543 g/mol. The first-order valence-electron chi connectivity index (χ1n) is 9.95. The fourth-order valence-corrected chi connectivity index (χ4v) is 3.90. The van der Waals surface area contributed by atoms with Gasteiger partial charge in [-0.1, -0.05) is 36.4 Å². The monoisotopic (exact) mass is 543 g/mol. The molecule has 0 spiro atoms. The van der Waals surface area contributed by atoms with Gasteiger partial charge in [-0.15, -0.1) is 0 Å². The minimum atomic E-state index is -0.596. The summed E-state index contributed by atoms with van der Waals surface area (Å²) in [6.07, 6.45) is 1.61. The van der Waals surface area contributed by atoms with Crippen LogP contribution in [0, 0.1) is 9.39 Å². The molecule has 0 amide bonds. The highest BCUT2D eigenvalue weighted by atomic mass is 127. The number of esters is 1. The molecule has 1 aliphatic rings. The van der Waals surface area contributed by atoms with Gasteiger partial charge in [0.15, 0.2) is 17.2 Å². The predicted molar refractivity (Wildman–Crippen MR) is 128 cm³/mol. The van der Waals surface area contributed by atoms with Crippen LogP contribution in [0.3, 0.4) is 0 Å². The standard InChI is InChI=1S/C25H19FINO4/c1-2-30-22-13-17(11-20(27)23(22)31-15-16-7-4-3-5-8-16)12-21-25(29)32-24(28-21)18-9-6-10-19(26)14-18/h3-14H,2,15H2,1H3/b21-12-. The summed E-state index contributed by atoms with van der Waals surface area (Å²) in [4.78, 5) is 16.6. The SMILES string of the molecule is CCOc1cc(/C=C2\N=C(c3cccc(F)c3)OC2=O)cc(I)c1OCc1ccccc1. The molecule has 4 rings (SSSR count). The summed E-state index contributed by atoms with van der Waals surface area (Å²) < 4.78 is 31.4. The number of rotatable bonds is 7. The van der Waals surface area contributed by atoms with Crippen molar-refractivity contribution in [3.63, 3.8) is 0 Å². The van der Waals surface area contributed by atoms with Crippen LogP contribution < -0.4 is 9.47 Å². The molecule has 0 radical (unpaired) electrons. The maximum Gasteiger partial charge on any atom is 0.363 e. The van der Waals surface area contributed by atoms with E-state index in [0.29, 0.717) is 35.8 Å². The van der Waals surface area contributed by atoms with E-state index < -0.39 is 11.8 Å². The molecular formula is C25H19FINO4. The summed E-state index contributed by atoms with van der Waals surface area (Å²) >= 11 is 2.17. The second kappa shape index (κ2) is 9.95. The number of nitrogens with zero attached hydrogens (tertiary/aromatic N) is 1. The third-order valence-electron chi connectivity index (χ3n) is 4.55. The van der Waals surface area contributed by atoms with E-state index in [-0.39, 0.29) is 11.6 Å². The quantitative estimate of drug-likeness (QED) is 0.216. The maximum atomic E-state index is 13.5. The Hall–Kier alpha value is -3.20. The lowest BCUT2D eigenvalue weighted by atomic mass is 10.1. The zero-order chi connectivity index (χ0) is 22.5. The summed E-state index contributed by atoms with van der Waals surface area (Å²) in [6, 6.07) is 19.3. The summed E-state index contributed by atoms with van der Waals surface area (Å²) in [6.45, 7) is 2.76. The van der Waals surface area contributed by atoms with Crippen molar-refractivity contribution in [1.82, 2.24) is 0 Å². The number of hydrogen-bond acceptors (Lipinski definition) is 5. The minimum absolute atomic E-state index is 0.0725. The molecule has 3 aromatic carbocycles. The number of carbonyl (C=O) groups excluding carboxylic acids is 1. The van der Waals surface area contributed by atoms with Crippen LogP contribution >= 0.6 is 22.6 Å². The van der Waals surface area contributed by atoms with Gasteiger partial charge in [0.05, 0.1) is 10.2 Å². The molecule has 0 unspecified atom stereocenters. The smallest absolute Gasteiger partial charge is 0.363 e. The van der Waals surface area contributed by atoms with Crippen molar-refractivity contribution in [1.29, 1.82) is 0 Å². The van der Waals surface area contributed by atoms with Crippen molar-refractivity contribution in [2.45, 2.75) is 13.5 Å². The summed E-state index contributed by atoms with van der Waals surface area (Å²) in [5, 5.41) is 0. The second-order valence-corrected chi connectivity index (χ2v) is 8.05. The molecule has 3 aromatic rings. The van der Waals surface area contributed by atoms with E-state index in [2.05, 4.69) is 27.6 Å². The summed E-state index contributed by atoms with van der Waals surface area (Å²) in [5.74, 6) is 0.255. The van der Waals surface area contributed by atoms with Crippen LogP contribution in [-0.2, 0) is 16.1 Å². The largest absolute Gasteiger partial charge is 0.490 e. The third-order valence-corrected chi connectivity index (χ3v) is 5.35. The number of benzene rings is 3. The summed E-state index contributed by atoms with van der Waals surface area (Å²) in [7, 11) is 0. The molecule has 5 nitrogen and oxygen atoms in total. The highest BCUT2D eigenvalue weighted by Gasteiger charge is 2.25. The molecule has 0 bridgehead atoms. The fraction of sp³-hybridized carbons (Fsp3) is 0.120. The Morgan fingerprint density at radius 3 is 2.62 bits per heavy atom. The van der Waals surface area contributed by atoms with Crippen LogP contribution in [0.4, 0.5) is 4.39 Å². The molecule has 0 saturated heterocycles. The predicted octanol–water partition coefficient (Wildman–Crippen LogP) is 5.75. The molecule has 0 N–H and O–H groups in total. The molecule has 0 aromatic heterocycles. The lowest BCUT2D eigenvalue weighted by Gasteiger charge is -2.15. The number of aliphatic imine (C=N–C) groups is 1. The van der Waals surface area contributed by atoms with Gasteiger partial charge in [-0.2, -0.15) is 0 Å². The molecule has 1 heterocycles. The van der Waals surface area contributed by atoms with Gasteiger partial charge in [-0.3, -0.25) is 0 Å². The Morgan fingerprint density at radius 1 is 1.06 bits per heavy atom. The highest BCUT2D eigenvalue weighted by Crippen LogP contribution is 2.36. The molecule has 0 atom stereocenters. The number of hydrogen-bond donors (Lipinski definition) is 0. The Morgan fingerprint density at radius 2 is 1.88 bits per heavy atom. The minimum Gasteiger partial charge on any atom is -0.490 e. The Balaban J connectivity index is 1.62. The van der Waals surface area contributed by atoms with E-state index in [1.807, 2.05) is 43.3 Å². The molecular weight excluding hydrogens is 524 g/mol. The van der Waals surface area contributed by atoms with E-state index in [0.717, 1.165) is 9.13 Å². The topological polar surface area (TPSA) is 57.1 Å². The molecule has 0 saturated carbocycles. The van der Waals surface area contributed by atoms with Crippen molar-refractivity contribution in [3.8, 4) is 11.5 Å². The van der Waals surface area contributed by atoms with Crippen molar-refractivity contribution < 1.29 is 23.4 Å². The van der Waals surface area contributed by atoms with Gasteiger partial charge in [-0.25, -0.2) is 14.2 Å². The number of cyclic esters (lactones) is 1. The van der Waals surface area contributed by atoms with E-state index in [1.165, 1.54) is 18.2 Å². The van der Waals surface area contributed by atoms with Gasteiger partial charge in [-0.05, 0) is 77.0 Å². The van der Waals surface area contributed by atoms with Gasteiger partial charge in [0.2, 0.25) is 5.90 Å². The van der Waals surface area contributed by atoms with Crippen LogP contribution in [0.2, 0.25) is 0 Å². The van der Waals surface area contributed by atoms with E-state index >= 15 is 0 Å². The highest BCUT2D eigenvalue weighted by molar-refractivity contribution is 14.1. The van der Waals surface area contributed by atoms with Crippen molar-refractivity contribution in [2.75, 3.05) is 6.61 Å². The van der Waals surface area contributed by atoms with Gasteiger partial charge in [0.25, 0.3) is 0 Å². The molecule has 1 aliphatic heterocycles. The van der Waals surface area contributed by atoms with Gasteiger partial charge < -0.3 is 14.2 Å². The lowest BCUT2D eigenvalue weighted by Crippen LogP contribution is -2.05. The Kier molecular flexibility index (Phi) is 6.84. The van der Waals surface area contributed by atoms with Crippen LogP contribution in [0.25, 0.3) is 6.08 Å². The Bertz CT molecular complexity index is 1210. The molecule has 0 fully saturated rings. The normalized spacial score (nSPS) is 14.3.